The van der Waals surface area contributed by atoms with E-state index in [9.17, 15) is 0 Å². The molecular formula is C17H22N4O2. The Hall–Kier alpha value is -2.63. The van der Waals surface area contributed by atoms with Crippen LogP contribution in [0.5, 0.6) is 11.6 Å². The molecule has 2 rings (SSSR count). The molecule has 1 heterocycles. The average molecular weight is 314 g/mol. The Morgan fingerprint density at radius 2 is 2.00 bits per heavy atom. The highest BCUT2D eigenvalue weighted by Gasteiger charge is 1.97. The molecule has 1 N–H and O–H groups in total. The van der Waals surface area contributed by atoms with Gasteiger partial charge in [-0.15, -0.1) is 0 Å². The number of hydrazone groups is 1. The second-order valence-electron chi connectivity index (χ2n) is 4.94. The molecule has 0 unspecified atom stereocenters. The molecular weight excluding hydrogens is 292 g/mol. The number of benzene rings is 1. The maximum absolute atomic E-state index is 5.67. The number of nitrogens with one attached hydrogen (secondary N) is 1. The van der Waals surface area contributed by atoms with Gasteiger partial charge in [-0.1, -0.05) is 19.8 Å². The molecule has 0 fully saturated rings. The quantitative estimate of drug-likeness (QED) is 0.436. The van der Waals surface area contributed by atoms with Crippen molar-refractivity contribution in [1.82, 2.24) is 9.97 Å². The summed E-state index contributed by atoms with van der Waals surface area (Å²) in [7, 11) is 1.56. The van der Waals surface area contributed by atoms with Crippen LogP contribution in [0.1, 0.15) is 31.7 Å². The maximum atomic E-state index is 5.67. The van der Waals surface area contributed by atoms with Gasteiger partial charge in [0.15, 0.2) is 5.82 Å². The minimum atomic E-state index is 0.488. The van der Waals surface area contributed by atoms with Gasteiger partial charge in [-0.2, -0.15) is 5.10 Å². The molecule has 0 atom stereocenters. The number of aromatic nitrogens is 2. The van der Waals surface area contributed by atoms with Crippen LogP contribution in [0.15, 0.2) is 41.8 Å². The highest BCUT2D eigenvalue weighted by molar-refractivity contribution is 5.80. The first kappa shape index (κ1) is 16.7. The summed E-state index contributed by atoms with van der Waals surface area (Å²) in [5.74, 6) is 1.94. The molecule has 0 amide bonds. The Kier molecular flexibility index (Phi) is 6.84. The molecule has 2 aromatic rings. The van der Waals surface area contributed by atoms with Gasteiger partial charge in [-0.25, -0.2) is 9.97 Å². The van der Waals surface area contributed by atoms with E-state index in [-0.39, 0.29) is 0 Å². The van der Waals surface area contributed by atoms with Gasteiger partial charge >= 0.3 is 0 Å². The fourth-order valence-electron chi connectivity index (χ4n) is 1.88. The molecule has 6 nitrogen and oxygen atoms in total. The SMILES string of the molecule is CCCCCOc1ccc(C=NNc2cc(OC)ncn2)cc1. The Balaban J connectivity index is 1.82. The molecule has 1 aromatic heterocycles. The first-order valence-corrected chi connectivity index (χ1v) is 7.70. The molecule has 0 spiro atoms. The van der Waals surface area contributed by atoms with Crippen LogP contribution in [0.2, 0.25) is 0 Å². The fraction of sp³-hybridized carbons (Fsp3) is 0.353. The van der Waals surface area contributed by atoms with Crippen molar-refractivity contribution >= 4 is 12.0 Å². The van der Waals surface area contributed by atoms with Gasteiger partial charge in [0.2, 0.25) is 5.88 Å². The molecule has 1 aromatic carbocycles. The van der Waals surface area contributed by atoms with E-state index in [0.29, 0.717) is 11.7 Å². The Labute approximate surface area is 136 Å². The number of unbranched alkanes of at least 4 members (excludes halogenated alkanes) is 2. The lowest BCUT2D eigenvalue weighted by atomic mass is 10.2. The molecule has 0 aliphatic rings. The lowest BCUT2D eigenvalue weighted by Crippen LogP contribution is -1.97. The lowest BCUT2D eigenvalue weighted by molar-refractivity contribution is 0.306. The van der Waals surface area contributed by atoms with Crippen LogP contribution in [-0.2, 0) is 0 Å². The first-order chi connectivity index (χ1) is 11.3. The molecule has 0 aliphatic heterocycles. The highest BCUT2D eigenvalue weighted by atomic mass is 16.5. The maximum Gasteiger partial charge on any atom is 0.218 e. The largest absolute Gasteiger partial charge is 0.494 e. The van der Waals surface area contributed by atoms with E-state index in [1.165, 1.54) is 19.2 Å². The summed E-state index contributed by atoms with van der Waals surface area (Å²) in [5.41, 5.74) is 3.81. The van der Waals surface area contributed by atoms with Crippen molar-refractivity contribution in [3.8, 4) is 11.6 Å². The molecule has 0 aliphatic carbocycles. The van der Waals surface area contributed by atoms with Crippen molar-refractivity contribution in [3.63, 3.8) is 0 Å². The number of rotatable bonds is 9. The predicted octanol–water partition coefficient (Wildman–Crippen LogP) is 3.50. The molecule has 6 heteroatoms. The summed E-state index contributed by atoms with van der Waals surface area (Å²) in [6.07, 6.45) is 6.62. The summed E-state index contributed by atoms with van der Waals surface area (Å²) in [4.78, 5) is 7.98. The Morgan fingerprint density at radius 1 is 1.17 bits per heavy atom. The van der Waals surface area contributed by atoms with E-state index in [0.717, 1.165) is 24.3 Å². The predicted molar refractivity (Wildman–Crippen MR) is 91.3 cm³/mol. The minimum absolute atomic E-state index is 0.488. The number of hydrogen-bond donors (Lipinski definition) is 1. The number of anilines is 1. The number of ether oxygens (including phenoxy) is 2. The first-order valence-electron chi connectivity index (χ1n) is 7.70. The van der Waals surface area contributed by atoms with Gasteiger partial charge in [0.25, 0.3) is 0 Å². The smallest absolute Gasteiger partial charge is 0.218 e. The molecule has 23 heavy (non-hydrogen) atoms. The molecule has 122 valence electrons. The van der Waals surface area contributed by atoms with Gasteiger partial charge in [0, 0.05) is 6.07 Å². The third kappa shape index (κ3) is 5.94. The van der Waals surface area contributed by atoms with Crippen molar-refractivity contribution < 1.29 is 9.47 Å². The topological polar surface area (TPSA) is 68.6 Å². The number of nitrogens with zero attached hydrogens (tertiary/aromatic N) is 3. The molecule has 0 bridgehead atoms. The van der Waals surface area contributed by atoms with Crippen LogP contribution in [0.25, 0.3) is 0 Å². The zero-order valence-corrected chi connectivity index (χ0v) is 13.5. The van der Waals surface area contributed by atoms with Crippen molar-refractivity contribution in [2.75, 3.05) is 19.1 Å². The zero-order valence-electron chi connectivity index (χ0n) is 13.5. The summed E-state index contributed by atoms with van der Waals surface area (Å²) >= 11 is 0. The van der Waals surface area contributed by atoms with Crippen molar-refractivity contribution in [3.05, 3.63) is 42.2 Å². The summed E-state index contributed by atoms with van der Waals surface area (Å²) in [6.45, 7) is 2.94. The number of hydrogen-bond acceptors (Lipinski definition) is 6. The molecule has 0 saturated heterocycles. The van der Waals surface area contributed by atoms with E-state index in [1.807, 2.05) is 24.3 Å². The second kappa shape index (κ2) is 9.40. The summed E-state index contributed by atoms with van der Waals surface area (Å²) < 4.78 is 10.7. The summed E-state index contributed by atoms with van der Waals surface area (Å²) in [6, 6.07) is 9.48. The van der Waals surface area contributed by atoms with Gasteiger partial charge in [-0.05, 0) is 36.2 Å². The van der Waals surface area contributed by atoms with Crippen molar-refractivity contribution in [2.45, 2.75) is 26.2 Å². The standard InChI is InChI=1S/C17H22N4O2/c1-3-4-5-10-23-15-8-6-14(7-9-15)12-20-21-16-11-17(22-2)19-13-18-16/h6-9,11-13H,3-5,10H2,1-2H3,(H,18,19,21). The lowest BCUT2D eigenvalue weighted by Gasteiger charge is -2.05. The third-order valence-electron chi connectivity index (χ3n) is 3.14. The van der Waals surface area contributed by atoms with Crippen LogP contribution >= 0.6 is 0 Å². The second-order valence-corrected chi connectivity index (χ2v) is 4.94. The Bertz CT molecular complexity index is 614. The van der Waals surface area contributed by atoms with Crippen LogP contribution in [0, 0.1) is 0 Å². The monoisotopic (exact) mass is 314 g/mol. The van der Waals surface area contributed by atoms with Crippen molar-refractivity contribution in [2.24, 2.45) is 5.10 Å². The van der Waals surface area contributed by atoms with Crippen molar-refractivity contribution in [1.29, 1.82) is 0 Å². The normalized spacial score (nSPS) is 10.7. The van der Waals surface area contributed by atoms with E-state index in [2.05, 4.69) is 27.4 Å². The molecule has 0 saturated carbocycles. The van der Waals surface area contributed by atoms with E-state index in [1.54, 1.807) is 19.4 Å². The van der Waals surface area contributed by atoms with E-state index >= 15 is 0 Å². The van der Waals surface area contributed by atoms with Crippen LogP contribution in [0.4, 0.5) is 5.82 Å². The van der Waals surface area contributed by atoms with Gasteiger partial charge in [0.1, 0.15) is 12.1 Å². The minimum Gasteiger partial charge on any atom is -0.494 e. The fourth-order valence-corrected chi connectivity index (χ4v) is 1.88. The number of methoxy groups -OCH3 is 1. The Morgan fingerprint density at radius 3 is 2.74 bits per heavy atom. The van der Waals surface area contributed by atoms with Gasteiger partial charge in [0.05, 0.1) is 19.9 Å². The highest BCUT2D eigenvalue weighted by Crippen LogP contribution is 2.12. The summed E-state index contributed by atoms with van der Waals surface area (Å²) in [5, 5.41) is 4.14. The van der Waals surface area contributed by atoms with Gasteiger partial charge < -0.3 is 9.47 Å². The third-order valence-corrected chi connectivity index (χ3v) is 3.14. The van der Waals surface area contributed by atoms with E-state index < -0.39 is 0 Å². The molecule has 0 radical (unpaired) electrons. The van der Waals surface area contributed by atoms with E-state index in [4.69, 9.17) is 9.47 Å². The zero-order chi connectivity index (χ0) is 16.3. The average Bonchev–Trinajstić information content (AvgIpc) is 2.60. The van der Waals surface area contributed by atoms with Crippen LogP contribution in [0.3, 0.4) is 0 Å². The van der Waals surface area contributed by atoms with Crippen LogP contribution in [-0.4, -0.2) is 29.9 Å². The van der Waals surface area contributed by atoms with Crippen LogP contribution < -0.4 is 14.9 Å². The van der Waals surface area contributed by atoms with Gasteiger partial charge in [-0.3, -0.25) is 5.43 Å².